The molecule has 4 aliphatic rings. The lowest BCUT2D eigenvalue weighted by atomic mass is 9.90. The maximum Gasteiger partial charge on any atom is 0.407 e. The highest BCUT2D eigenvalue weighted by atomic mass is 16.5. The highest BCUT2D eigenvalue weighted by Gasteiger charge is 2.43. The molecule has 4 aliphatic heterocycles. The number of amides is 4. The molecule has 4 aromatic rings. The van der Waals surface area contributed by atoms with Gasteiger partial charge in [0, 0.05) is 43.8 Å². The second-order valence-corrected chi connectivity index (χ2v) is 17.0. The fourth-order valence-electron chi connectivity index (χ4n) is 9.33. The number of imidazole rings is 1. The van der Waals surface area contributed by atoms with Gasteiger partial charge >= 0.3 is 12.2 Å². The van der Waals surface area contributed by atoms with E-state index in [0.717, 1.165) is 74.3 Å². The quantitative estimate of drug-likeness (QED) is 0.146. The molecule has 0 aliphatic carbocycles. The molecule has 0 saturated carbocycles. The Morgan fingerprint density at radius 2 is 1.62 bits per heavy atom. The van der Waals surface area contributed by atoms with Crippen molar-refractivity contribution in [2.24, 2.45) is 16.8 Å². The molecule has 15 nitrogen and oxygen atoms in total. The van der Waals surface area contributed by atoms with Gasteiger partial charge in [-0.05, 0) is 88.9 Å². The number of rotatable bonds is 11. The van der Waals surface area contributed by atoms with Gasteiger partial charge < -0.3 is 44.4 Å². The molecule has 2 saturated heterocycles. The number of nitrogens with zero attached hydrogens (tertiary/aromatic N) is 4. The van der Waals surface area contributed by atoms with Crippen molar-refractivity contribution in [3.63, 3.8) is 0 Å². The summed E-state index contributed by atoms with van der Waals surface area (Å²) in [5, 5.41) is 7.58. The standard InChI is InChI=1S/C46H55N7O8/c1-8-60-29-18-38(53(22-29)44(55)41(25(4)5)51-46(57)59-7)35-19-32-31-20-39-33(17-26(31)12-14-34(32)48-35)30-13-11-27(16-28(30)23-61-39)36-21-47-42(49-36)37-10-9-15-52(37)43(54)40(24(2)3)50-45(56)58-6/h11-14,16-17,20-21,24-25,29,37-38,40-41H,8-10,15,18-19,22-23H2,1-7H3,(H,47,49)(H,50,56)(H,51,57)/t29-,37-,38-,40?,41-/m0/s1. The second kappa shape index (κ2) is 17.2. The van der Waals surface area contributed by atoms with Crippen LogP contribution in [-0.4, -0.2) is 108 Å². The van der Waals surface area contributed by atoms with Gasteiger partial charge in [0.2, 0.25) is 11.8 Å². The Morgan fingerprint density at radius 1 is 0.902 bits per heavy atom. The monoisotopic (exact) mass is 833 g/mol. The lowest BCUT2D eigenvalue weighted by Crippen LogP contribution is -2.54. The first kappa shape index (κ1) is 41.8. The number of carbonyl (C=O) groups excluding carboxylic acids is 4. The number of aromatic amines is 1. The molecule has 1 aromatic heterocycles. The van der Waals surface area contributed by atoms with Gasteiger partial charge in [0.1, 0.15) is 30.3 Å². The first-order chi connectivity index (χ1) is 29.4. The number of likely N-dealkylation sites (tertiary alicyclic amines) is 2. The summed E-state index contributed by atoms with van der Waals surface area (Å²) in [5.41, 5.74) is 7.84. The van der Waals surface area contributed by atoms with Crippen LogP contribution in [-0.2, 0) is 36.8 Å². The molecule has 5 atom stereocenters. The van der Waals surface area contributed by atoms with E-state index in [4.69, 9.17) is 28.9 Å². The van der Waals surface area contributed by atoms with E-state index in [1.165, 1.54) is 14.2 Å². The number of hydrogen-bond donors (Lipinski definition) is 3. The van der Waals surface area contributed by atoms with E-state index in [-0.39, 0.29) is 41.8 Å². The molecule has 2 fully saturated rings. The van der Waals surface area contributed by atoms with E-state index >= 15 is 0 Å². The average Bonchev–Trinajstić information content (AvgIpc) is 4.09. The molecular formula is C46H55N7O8. The number of fused-ring (bicyclic) bond motifs is 6. The molecule has 4 amide bonds. The topological polar surface area (TPSA) is 177 Å². The molecule has 5 heterocycles. The van der Waals surface area contributed by atoms with Gasteiger partial charge in [0.25, 0.3) is 0 Å². The van der Waals surface area contributed by atoms with Crippen LogP contribution in [0.3, 0.4) is 0 Å². The zero-order valence-electron chi connectivity index (χ0n) is 35.9. The first-order valence-electron chi connectivity index (χ1n) is 21.3. The van der Waals surface area contributed by atoms with Crippen LogP contribution in [0, 0.1) is 11.8 Å². The van der Waals surface area contributed by atoms with Gasteiger partial charge in [0.15, 0.2) is 0 Å². The number of ether oxygens (including phenoxy) is 4. The summed E-state index contributed by atoms with van der Waals surface area (Å²) in [5.74, 6) is 0.919. The van der Waals surface area contributed by atoms with Crippen molar-refractivity contribution in [2.75, 3.05) is 33.9 Å². The number of carbonyl (C=O) groups is 4. The number of nitrogens with one attached hydrogen (secondary N) is 3. The molecule has 61 heavy (non-hydrogen) atoms. The molecule has 15 heteroatoms. The van der Waals surface area contributed by atoms with Crippen LogP contribution < -0.4 is 15.4 Å². The molecule has 8 rings (SSSR count). The fraction of sp³-hybridized carbons (Fsp3) is 0.478. The van der Waals surface area contributed by atoms with E-state index < -0.39 is 24.3 Å². The SMILES string of the molecule is CCO[C@H]1C[C@@H](C2=Nc3ccc4cc5c(cc4c3C2)OCc2cc(-c3cnc([C@@H]4CCCN4C(=O)C(NC(=O)OC)C(C)C)[nH]3)ccc2-5)N(C(=O)[C@@H](NC(=O)OC)C(C)C)C1. The Labute approximate surface area is 355 Å². The smallest absolute Gasteiger partial charge is 0.407 e. The summed E-state index contributed by atoms with van der Waals surface area (Å²) >= 11 is 0. The Kier molecular flexibility index (Phi) is 11.8. The van der Waals surface area contributed by atoms with E-state index in [0.29, 0.717) is 45.0 Å². The summed E-state index contributed by atoms with van der Waals surface area (Å²) in [7, 11) is 2.58. The normalized spacial score (nSPS) is 20.1. The number of aliphatic imine (C=N–C) groups is 1. The number of hydrogen-bond acceptors (Lipinski definition) is 10. The molecule has 0 radical (unpaired) electrons. The van der Waals surface area contributed by atoms with E-state index in [1.54, 1.807) is 0 Å². The lowest BCUT2D eigenvalue weighted by Gasteiger charge is -2.30. The largest absolute Gasteiger partial charge is 0.488 e. The van der Waals surface area contributed by atoms with Crippen LogP contribution in [0.4, 0.5) is 15.3 Å². The predicted octanol–water partition coefficient (Wildman–Crippen LogP) is 6.85. The van der Waals surface area contributed by atoms with Crippen LogP contribution >= 0.6 is 0 Å². The maximum atomic E-state index is 14.1. The fourth-order valence-corrected chi connectivity index (χ4v) is 9.33. The minimum Gasteiger partial charge on any atom is -0.488 e. The maximum absolute atomic E-state index is 14.1. The van der Waals surface area contributed by atoms with Crippen molar-refractivity contribution < 1.29 is 38.1 Å². The molecular weight excluding hydrogens is 779 g/mol. The number of alkyl carbamates (subject to hydrolysis) is 2. The molecule has 3 aromatic carbocycles. The zero-order chi connectivity index (χ0) is 43.1. The van der Waals surface area contributed by atoms with Crippen molar-refractivity contribution in [3.05, 3.63) is 65.6 Å². The lowest BCUT2D eigenvalue weighted by molar-refractivity contribution is -0.136. The van der Waals surface area contributed by atoms with Crippen LogP contribution in [0.5, 0.6) is 5.75 Å². The van der Waals surface area contributed by atoms with Gasteiger partial charge in [-0.1, -0.05) is 45.9 Å². The van der Waals surface area contributed by atoms with Gasteiger partial charge in [-0.3, -0.25) is 14.6 Å². The minimum atomic E-state index is -0.748. The van der Waals surface area contributed by atoms with Crippen molar-refractivity contribution in [1.29, 1.82) is 0 Å². The van der Waals surface area contributed by atoms with Crippen LogP contribution in [0.1, 0.15) is 76.9 Å². The molecule has 1 unspecified atom stereocenters. The van der Waals surface area contributed by atoms with Gasteiger partial charge in [0.05, 0.1) is 50.0 Å². The molecule has 0 bridgehead atoms. The van der Waals surface area contributed by atoms with Crippen molar-refractivity contribution in [1.82, 2.24) is 30.4 Å². The van der Waals surface area contributed by atoms with E-state index in [2.05, 4.69) is 58.1 Å². The minimum absolute atomic E-state index is 0.118. The summed E-state index contributed by atoms with van der Waals surface area (Å²) in [6.45, 7) is 11.5. The highest BCUT2D eigenvalue weighted by molar-refractivity contribution is 6.06. The third-order valence-electron chi connectivity index (χ3n) is 12.5. The van der Waals surface area contributed by atoms with Gasteiger partial charge in [-0.25, -0.2) is 14.6 Å². The van der Waals surface area contributed by atoms with Gasteiger partial charge in [-0.15, -0.1) is 0 Å². The summed E-state index contributed by atoms with van der Waals surface area (Å²) in [6, 6.07) is 12.8. The highest BCUT2D eigenvalue weighted by Crippen LogP contribution is 2.45. The summed E-state index contributed by atoms with van der Waals surface area (Å²) in [6.07, 6.45) is 3.21. The summed E-state index contributed by atoms with van der Waals surface area (Å²) < 4.78 is 22.1. The van der Waals surface area contributed by atoms with Crippen molar-refractivity contribution in [3.8, 4) is 28.1 Å². The van der Waals surface area contributed by atoms with Crippen LogP contribution in [0.15, 0.2) is 53.7 Å². The second-order valence-electron chi connectivity index (χ2n) is 17.0. The van der Waals surface area contributed by atoms with Crippen molar-refractivity contribution in [2.45, 2.75) is 97.2 Å². The third-order valence-corrected chi connectivity index (χ3v) is 12.5. The Balaban J connectivity index is 1.01. The molecule has 0 spiro atoms. The third kappa shape index (κ3) is 8.03. The van der Waals surface area contributed by atoms with Crippen LogP contribution in [0.25, 0.3) is 33.2 Å². The molecule has 322 valence electrons. The van der Waals surface area contributed by atoms with Crippen LogP contribution in [0.2, 0.25) is 0 Å². The Morgan fingerprint density at radius 3 is 2.31 bits per heavy atom. The first-order valence-corrected chi connectivity index (χ1v) is 21.3. The van der Waals surface area contributed by atoms with Gasteiger partial charge in [-0.2, -0.15) is 0 Å². The van der Waals surface area contributed by atoms with E-state index in [1.807, 2.05) is 50.6 Å². The Hall–Kier alpha value is -5.96. The number of methoxy groups -OCH3 is 2. The predicted molar refractivity (Wildman–Crippen MR) is 230 cm³/mol. The molecule has 3 N–H and O–H groups in total. The zero-order valence-corrected chi connectivity index (χ0v) is 35.9. The van der Waals surface area contributed by atoms with E-state index in [9.17, 15) is 19.2 Å². The number of benzene rings is 3. The van der Waals surface area contributed by atoms with Crippen molar-refractivity contribution >= 4 is 46.2 Å². The number of aromatic nitrogens is 2. The summed E-state index contributed by atoms with van der Waals surface area (Å²) in [4.78, 5) is 68.9. The number of H-pyrrole nitrogens is 1. The average molecular weight is 834 g/mol. The Bertz CT molecular complexity index is 2390.